The molecule has 0 aliphatic carbocycles. The van der Waals surface area contributed by atoms with Crippen molar-refractivity contribution in [1.82, 2.24) is 20.1 Å². The fourth-order valence-corrected chi connectivity index (χ4v) is 2.42. The Hall–Kier alpha value is -3.68. The monoisotopic (exact) mass is 365 g/mol. The van der Waals surface area contributed by atoms with Crippen molar-refractivity contribution in [2.45, 2.75) is 13.1 Å². The number of aromatic nitrogens is 3. The van der Waals surface area contributed by atoms with E-state index >= 15 is 0 Å². The number of carbonyl (C=O) groups excluding carboxylic acids is 2. The van der Waals surface area contributed by atoms with Crippen molar-refractivity contribution in [2.75, 3.05) is 12.4 Å². The molecule has 0 bridgehead atoms. The molecule has 0 aliphatic rings. The maximum absolute atomic E-state index is 12.1. The van der Waals surface area contributed by atoms with E-state index in [2.05, 4.69) is 20.7 Å². The second kappa shape index (κ2) is 8.61. The van der Waals surface area contributed by atoms with Gasteiger partial charge in [-0.3, -0.25) is 14.3 Å². The molecule has 0 fully saturated rings. The number of hydrogen-bond acceptors (Lipinski definition) is 5. The Bertz CT molecular complexity index is 907. The molecule has 0 saturated heterocycles. The minimum absolute atomic E-state index is 0.197. The minimum atomic E-state index is -0.729. The van der Waals surface area contributed by atoms with Crippen LogP contribution in [0.1, 0.15) is 11.1 Å². The van der Waals surface area contributed by atoms with Crippen LogP contribution in [-0.2, 0) is 22.7 Å². The van der Waals surface area contributed by atoms with Crippen LogP contribution in [0.2, 0.25) is 0 Å². The fraction of sp³-hybridized carbons (Fsp3) is 0.158. The molecule has 1 aromatic carbocycles. The van der Waals surface area contributed by atoms with Crippen molar-refractivity contribution in [3.8, 4) is 5.88 Å². The van der Waals surface area contributed by atoms with Gasteiger partial charge in [0, 0.05) is 36.9 Å². The smallest absolute Gasteiger partial charge is 0.313 e. The predicted molar refractivity (Wildman–Crippen MR) is 99.0 cm³/mol. The molecule has 2 heterocycles. The average molecular weight is 365 g/mol. The van der Waals surface area contributed by atoms with Gasteiger partial charge in [0.05, 0.1) is 13.7 Å². The third kappa shape index (κ3) is 5.15. The lowest BCUT2D eigenvalue weighted by atomic mass is 10.2. The molecule has 3 aromatic rings. The van der Waals surface area contributed by atoms with Crippen LogP contribution in [0.15, 0.2) is 61.1 Å². The number of amides is 2. The van der Waals surface area contributed by atoms with E-state index in [1.807, 2.05) is 24.4 Å². The first-order valence-corrected chi connectivity index (χ1v) is 8.28. The molecule has 0 aliphatic heterocycles. The van der Waals surface area contributed by atoms with Gasteiger partial charge >= 0.3 is 11.8 Å². The number of nitrogens with one attached hydrogen (secondary N) is 2. The number of benzene rings is 1. The molecule has 27 heavy (non-hydrogen) atoms. The van der Waals surface area contributed by atoms with Crippen molar-refractivity contribution in [1.29, 1.82) is 0 Å². The molecule has 0 atom stereocenters. The number of methoxy groups -OCH3 is 1. The Balaban J connectivity index is 1.53. The van der Waals surface area contributed by atoms with E-state index in [-0.39, 0.29) is 6.54 Å². The van der Waals surface area contributed by atoms with Crippen molar-refractivity contribution < 1.29 is 14.3 Å². The zero-order valence-electron chi connectivity index (χ0n) is 14.8. The molecule has 2 amide bonds. The fourth-order valence-electron chi connectivity index (χ4n) is 2.42. The number of rotatable bonds is 6. The summed E-state index contributed by atoms with van der Waals surface area (Å²) >= 11 is 0. The summed E-state index contributed by atoms with van der Waals surface area (Å²) < 4.78 is 6.75. The van der Waals surface area contributed by atoms with Crippen LogP contribution in [-0.4, -0.2) is 33.7 Å². The summed E-state index contributed by atoms with van der Waals surface area (Å²) in [5.74, 6) is -0.964. The normalized spacial score (nSPS) is 10.3. The molecule has 0 unspecified atom stereocenters. The van der Waals surface area contributed by atoms with Gasteiger partial charge in [-0.25, -0.2) is 4.98 Å². The Kier molecular flexibility index (Phi) is 5.78. The number of ether oxygens (including phenoxy) is 1. The van der Waals surface area contributed by atoms with Crippen molar-refractivity contribution >= 4 is 17.5 Å². The number of carbonyl (C=O) groups is 2. The molecule has 3 rings (SSSR count). The minimum Gasteiger partial charge on any atom is -0.481 e. The van der Waals surface area contributed by atoms with Crippen LogP contribution in [0, 0.1) is 0 Å². The van der Waals surface area contributed by atoms with Crippen LogP contribution >= 0.6 is 0 Å². The van der Waals surface area contributed by atoms with Gasteiger partial charge in [-0.1, -0.05) is 18.2 Å². The Morgan fingerprint density at radius 3 is 2.70 bits per heavy atom. The van der Waals surface area contributed by atoms with Crippen LogP contribution in [0.5, 0.6) is 5.88 Å². The van der Waals surface area contributed by atoms with E-state index < -0.39 is 11.8 Å². The van der Waals surface area contributed by atoms with Gasteiger partial charge in [-0.15, -0.1) is 0 Å². The van der Waals surface area contributed by atoms with E-state index in [9.17, 15) is 9.59 Å². The lowest BCUT2D eigenvalue weighted by Crippen LogP contribution is -2.35. The zero-order valence-corrected chi connectivity index (χ0v) is 14.8. The summed E-state index contributed by atoms with van der Waals surface area (Å²) in [7, 11) is 1.53. The van der Waals surface area contributed by atoms with Crippen molar-refractivity contribution in [2.24, 2.45) is 0 Å². The summed E-state index contributed by atoms with van der Waals surface area (Å²) in [6.07, 6.45) is 5.14. The van der Waals surface area contributed by atoms with Crippen molar-refractivity contribution in [3.05, 3.63) is 72.2 Å². The highest BCUT2D eigenvalue weighted by Crippen LogP contribution is 2.12. The highest BCUT2D eigenvalue weighted by Gasteiger charge is 2.13. The van der Waals surface area contributed by atoms with Gasteiger partial charge in [-0.05, 0) is 29.3 Å². The lowest BCUT2D eigenvalue weighted by molar-refractivity contribution is -0.136. The molecule has 8 heteroatoms. The van der Waals surface area contributed by atoms with E-state index in [0.29, 0.717) is 18.1 Å². The predicted octanol–water partition coefficient (Wildman–Crippen LogP) is 1.59. The Morgan fingerprint density at radius 2 is 2.00 bits per heavy atom. The summed E-state index contributed by atoms with van der Waals surface area (Å²) in [6, 6.07) is 12.6. The maximum atomic E-state index is 12.1. The summed E-state index contributed by atoms with van der Waals surface area (Å²) in [5, 5.41) is 9.31. The third-order valence-electron chi connectivity index (χ3n) is 3.75. The third-order valence-corrected chi connectivity index (χ3v) is 3.75. The Morgan fingerprint density at radius 1 is 1.11 bits per heavy atom. The second-order valence-corrected chi connectivity index (χ2v) is 5.75. The average Bonchev–Trinajstić information content (AvgIpc) is 3.19. The van der Waals surface area contributed by atoms with Crippen LogP contribution in [0.3, 0.4) is 0 Å². The first kappa shape index (κ1) is 18.1. The molecule has 0 saturated carbocycles. The molecular formula is C19H19N5O3. The molecule has 138 valence electrons. The summed E-state index contributed by atoms with van der Waals surface area (Å²) in [6.45, 7) is 0.774. The van der Waals surface area contributed by atoms with E-state index in [4.69, 9.17) is 4.74 Å². The maximum Gasteiger partial charge on any atom is 0.313 e. The van der Waals surface area contributed by atoms with Crippen molar-refractivity contribution in [3.63, 3.8) is 0 Å². The van der Waals surface area contributed by atoms with Crippen LogP contribution in [0.4, 0.5) is 5.69 Å². The SMILES string of the molecule is COc1ccc(CNC(=O)C(=O)Nc2cccc(Cn3cccn3)c2)cn1. The summed E-state index contributed by atoms with van der Waals surface area (Å²) in [4.78, 5) is 28.1. The van der Waals surface area contributed by atoms with Gasteiger partial charge in [0.25, 0.3) is 0 Å². The highest BCUT2D eigenvalue weighted by molar-refractivity contribution is 6.39. The number of pyridine rings is 1. The molecule has 0 spiro atoms. The van der Waals surface area contributed by atoms with Crippen LogP contribution in [0.25, 0.3) is 0 Å². The quantitative estimate of drug-likeness (QED) is 0.647. The summed E-state index contributed by atoms with van der Waals surface area (Å²) in [5.41, 5.74) is 2.27. The molecule has 8 nitrogen and oxygen atoms in total. The lowest BCUT2D eigenvalue weighted by Gasteiger charge is -2.08. The molecular weight excluding hydrogens is 346 g/mol. The molecule has 0 radical (unpaired) electrons. The highest BCUT2D eigenvalue weighted by atomic mass is 16.5. The van der Waals surface area contributed by atoms with Gasteiger partial charge in [0.2, 0.25) is 5.88 Å². The van der Waals surface area contributed by atoms with Crippen LogP contribution < -0.4 is 15.4 Å². The van der Waals surface area contributed by atoms with Gasteiger partial charge in [0.1, 0.15) is 0 Å². The zero-order chi connectivity index (χ0) is 19.1. The first-order valence-electron chi connectivity index (χ1n) is 8.28. The molecule has 2 aromatic heterocycles. The standard InChI is InChI=1S/C19H19N5O3/c1-27-17-7-6-15(11-20-17)12-21-18(25)19(26)23-16-5-2-4-14(10-16)13-24-9-3-8-22-24/h2-11H,12-13H2,1H3,(H,21,25)(H,23,26). The largest absolute Gasteiger partial charge is 0.481 e. The Labute approximate surface area is 156 Å². The van der Waals surface area contributed by atoms with Gasteiger partial charge in [-0.2, -0.15) is 5.10 Å². The van der Waals surface area contributed by atoms with E-state index in [0.717, 1.165) is 11.1 Å². The first-order chi connectivity index (χ1) is 13.1. The number of anilines is 1. The van der Waals surface area contributed by atoms with Gasteiger partial charge in [0.15, 0.2) is 0 Å². The molecule has 2 N–H and O–H groups in total. The van der Waals surface area contributed by atoms with E-state index in [1.54, 1.807) is 41.3 Å². The number of hydrogen-bond donors (Lipinski definition) is 2. The van der Waals surface area contributed by atoms with E-state index in [1.165, 1.54) is 7.11 Å². The topological polar surface area (TPSA) is 98.1 Å². The number of nitrogens with zero attached hydrogens (tertiary/aromatic N) is 3. The van der Waals surface area contributed by atoms with Gasteiger partial charge < -0.3 is 15.4 Å². The second-order valence-electron chi connectivity index (χ2n) is 5.75.